The third-order valence-corrected chi connectivity index (χ3v) is 4.45. The van der Waals surface area contributed by atoms with Gasteiger partial charge in [-0.15, -0.1) is 11.3 Å². The van der Waals surface area contributed by atoms with Crippen molar-refractivity contribution in [2.75, 3.05) is 0 Å². The van der Waals surface area contributed by atoms with Gasteiger partial charge in [-0.1, -0.05) is 18.2 Å². The number of hydrogen-bond acceptors (Lipinski definition) is 6. The number of carbonyl (C=O) groups excluding carboxylic acids is 1. The van der Waals surface area contributed by atoms with E-state index in [0.29, 0.717) is 10.9 Å². The van der Waals surface area contributed by atoms with Crippen molar-refractivity contribution in [3.8, 4) is 6.07 Å². The Hall–Kier alpha value is -0.1000. The van der Waals surface area contributed by atoms with Gasteiger partial charge in [-0.3, -0.25) is 4.79 Å². The van der Waals surface area contributed by atoms with Gasteiger partial charge in [0, 0.05) is 22.5 Å². The van der Waals surface area contributed by atoms with E-state index in [2.05, 4.69) is 4.98 Å². The molecule has 23 heavy (non-hydrogen) atoms. The maximum atomic E-state index is 12.5. The number of hydrogen-bond donors (Lipinski definition) is 0. The first-order valence-electron chi connectivity index (χ1n) is 5.77. The largest absolute Gasteiger partial charge is 1.00 e. The summed E-state index contributed by atoms with van der Waals surface area (Å²) in [5.74, 6) is -0.395. The molecule has 0 saturated carbocycles. The van der Waals surface area contributed by atoms with Crippen molar-refractivity contribution < 1.29 is 73.7 Å². The Morgan fingerprint density at radius 3 is 2.61 bits per heavy atom. The standard InChI is InChI=1S/C13H6N3O3PS.2Na/c14-5-8-7-21-13(15-8)12(17)10-6-16(20(18)19)11-4-2-1-3-9(10)11;;/h1-4,6-7H;;/q-2;2*+1. The van der Waals surface area contributed by atoms with Crippen LogP contribution in [0.3, 0.4) is 0 Å². The third kappa shape index (κ3) is 4.12. The zero-order valence-electron chi connectivity index (χ0n) is 12.4. The van der Waals surface area contributed by atoms with Crippen LogP contribution in [-0.4, -0.2) is 15.1 Å². The monoisotopic (exact) mass is 361 g/mol. The van der Waals surface area contributed by atoms with Crippen LogP contribution in [0.4, 0.5) is 0 Å². The molecule has 0 bridgehead atoms. The Balaban J connectivity index is 0.00000132. The fourth-order valence-corrected chi connectivity index (χ4v) is 3.28. The summed E-state index contributed by atoms with van der Waals surface area (Å²) in [5, 5.41) is 10.9. The van der Waals surface area contributed by atoms with Gasteiger partial charge in [0.2, 0.25) is 5.78 Å². The number of aromatic nitrogens is 2. The first-order chi connectivity index (χ1) is 10.1. The maximum absolute atomic E-state index is 12.5. The van der Waals surface area contributed by atoms with Gasteiger partial charge in [-0.05, 0) is 6.07 Å². The van der Waals surface area contributed by atoms with E-state index in [1.807, 2.05) is 6.07 Å². The van der Waals surface area contributed by atoms with Gasteiger partial charge >= 0.3 is 59.1 Å². The summed E-state index contributed by atoms with van der Waals surface area (Å²) in [7, 11) is -2.87. The second kappa shape index (κ2) is 8.84. The SMILES string of the molecule is N#Cc1csc(C(=O)c2cn(P([O-])[O-])c3ccccc23)n1.[Na+].[Na+]. The van der Waals surface area contributed by atoms with E-state index in [-0.39, 0.29) is 75.4 Å². The molecule has 1 aromatic carbocycles. The minimum atomic E-state index is -2.87. The molecule has 3 aromatic rings. The van der Waals surface area contributed by atoms with Crippen molar-refractivity contribution in [2.45, 2.75) is 0 Å². The molecular formula is C13H6N3Na2O3PS. The summed E-state index contributed by atoms with van der Waals surface area (Å²) in [6.07, 6.45) is 1.28. The number of nitrogens with zero attached hydrogens (tertiary/aromatic N) is 3. The molecule has 0 radical (unpaired) electrons. The fourth-order valence-electron chi connectivity index (χ4n) is 2.02. The van der Waals surface area contributed by atoms with Crippen LogP contribution in [0.5, 0.6) is 0 Å². The van der Waals surface area contributed by atoms with Gasteiger partial charge in [-0.2, -0.15) is 13.8 Å². The maximum Gasteiger partial charge on any atom is 1.00 e. The summed E-state index contributed by atoms with van der Waals surface area (Å²) in [5.41, 5.74) is 0.861. The smallest absolute Gasteiger partial charge is 0.825 e. The zero-order chi connectivity index (χ0) is 15.0. The van der Waals surface area contributed by atoms with E-state index in [4.69, 9.17) is 5.26 Å². The molecular weight excluding hydrogens is 355 g/mol. The van der Waals surface area contributed by atoms with E-state index in [1.165, 1.54) is 11.6 Å². The molecule has 0 amide bonds. The molecule has 0 unspecified atom stereocenters. The average molecular weight is 361 g/mol. The molecule has 6 nitrogen and oxygen atoms in total. The number of thiazole rings is 1. The molecule has 0 aliphatic rings. The van der Waals surface area contributed by atoms with Gasteiger partial charge in [0.15, 0.2) is 10.7 Å². The number of benzene rings is 1. The van der Waals surface area contributed by atoms with Gasteiger partial charge in [0.25, 0.3) is 0 Å². The van der Waals surface area contributed by atoms with Crippen molar-refractivity contribution in [2.24, 2.45) is 0 Å². The van der Waals surface area contributed by atoms with Crippen molar-refractivity contribution in [1.29, 1.82) is 5.26 Å². The second-order valence-corrected chi connectivity index (χ2v) is 5.89. The summed E-state index contributed by atoms with van der Waals surface area (Å²) in [4.78, 5) is 38.9. The number of rotatable bonds is 3. The average Bonchev–Trinajstić information content (AvgIpc) is 3.11. The number of fused-ring (bicyclic) bond motifs is 1. The normalized spacial score (nSPS) is 10.0. The van der Waals surface area contributed by atoms with Gasteiger partial charge in [0.1, 0.15) is 6.07 Å². The second-order valence-electron chi connectivity index (χ2n) is 4.12. The molecule has 0 spiro atoms. The number of nitriles is 1. The quantitative estimate of drug-likeness (QED) is 0.264. The van der Waals surface area contributed by atoms with Crippen molar-refractivity contribution >= 4 is 36.5 Å². The van der Waals surface area contributed by atoms with E-state index in [9.17, 15) is 14.6 Å². The fraction of sp³-hybridized carbons (Fsp3) is 0. The van der Waals surface area contributed by atoms with E-state index < -0.39 is 14.3 Å². The first-order valence-corrected chi connectivity index (χ1v) is 7.78. The molecule has 104 valence electrons. The molecule has 2 heterocycles. The summed E-state index contributed by atoms with van der Waals surface area (Å²) in [6.45, 7) is 0. The van der Waals surface area contributed by atoms with Crippen LogP contribution in [0.25, 0.3) is 10.9 Å². The molecule has 2 aromatic heterocycles. The van der Waals surface area contributed by atoms with Gasteiger partial charge in [0.05, 0.1) is 5.56 Å². The van der Waals surface area contributed by atoms with Crippen LogP contribution in [-0.2, 0) is 0 Å². The van der Waals surface area contributed by atoms with E-state index in [0.717, 1.165) is 15.7 Å². The molecule has 10 heteroatoms. The van der Waals surface area contributed by atoms with Crippen LogP contribution < -0.4 is 68.9 Å². The molecule has 0 saturated heterocycles. The number of ketones is 1. The Morgan fingerprint density at radius 1 is 1.30 bits per heavy atom. The predicted molar refractivity (Wildman–Crippen MR) is 74.5 cm³/mol. The third-order valence-electron chi connectivity index (χ3n) is 2.93. The Bertz CT molecular complexity index is 888. The van der Waals surface area contributed by atoms with E-state index >= 15 is 0 Å². The van der Waals surface area contributed by atoms with Crippen molar-refractivity contribution in [1.82, 2.24) is 9.32 Å². The Kier molecular flexibility index (Phi) is 8.05. The summed E-state index contributed by atoms with van der Waals surface area (Å²) >= 11 is 1.06. The molecule has 3 rings (SSSR count). The predicted octanol–water partition coefficient (Wildman–Crippen LogP) is -5.00. The van der Waals surface area contributed by atoms with Crippen LogP contribution in [0.15, 0.2) is 35.8 Å². The minimum Gasteiger partial charge on any atom is -0.825 e. The van der Waals surface area contributed by atoms with Gasteiger partial charge in [-0.25, -0.2) is 4.98 Å². The zero-order valence-corrected chi connectivity index (χ0v) is 18.1. The van der Waals surface area contributed by atoms with Crippen LogP contribution >= 0.6 is 19.9 Å². The molecule has 0 aliphatic carbocycles. The Labute approximate surface area is 181 Å². The molecule has 0 aliphatic heterocycles. The van der Waals surface area contributed by atoms with Crippen LogP contribution in [0, 0.1) is 11.3 Å². The number of para-hydroxylation sites is 1. The first kappa shape index (κ1) is 20.9. The van der Waals surface area contributed by atoms with Crippen LogP contribution in [0.1, 0.15) is 21.1 Å². The van der Waals surface area contributed by atoms with Crippen molar-refractivity contribution in [3.05, 3.63) is 52.1 Å². The number of carbonyl (C=O) groups is 1. The molecule has 0 fully saturated rings. The van der Waals surface area contributed by atoms with E-state index in [1.54, 1.807) is 24.3 Å². The minimum absolute atomic E-state index is 0. The van der Waals surface area contributed by atoms with Gasteiger partial charge < -0.3 is 14.1 Å². The molecule has 0 N–H and O–H groups in total. The summed E-state index contributed by atoms with van der Waals surface area (Å²) in [6, 6.07) is 8.59. The Morgan fingerprint density at radius 2 is 2.00 bits per heavy atom. The summed E-state index contributed by atoms with van der Waals surface area (Å²) < 4.78 is 1.04. The van der Waals surface area contributed by atoms with Crippen LogP contribution in [0.2, 0.25) is 0 Å². The molecule has 0 atom stereocenters. The van der Waals surface area contributed by atoms with Crippen molar-refractivity contribution in [3.63, 3.8) is 0 Å². The topological polar surface area (TPSA) is 105 Å².